The number of hydrogen-bond acceptors (Lipinski definition) is 4. The number of benzene rings is 1. The lowest BCUT2D eigenvalue weighted by molar-refractivity contribution is -0.137. The van der Waals surface area contributed by atoms with Crippen molar-refractivity contribution in [3.8, 4) is 0 Å². The van der Waals surface area contributed by atoms with Crippen LogP contribution in [0, 0.1) is 0 Å². The van der Waals surface area contributed by atoms with Crippen molar-refractivity contribution in [1.29, 1.82) is 0 Å². The van der Waals surface area contributed by atoms with Gasteiger partial charge in [-0.3, -0.25) is 9.69 Å². The SMILES string of the molecule is COCC(=O)NCCCCN1CCN(c2cccc(C(F)(F)F)c2)CC1. The number of alkyl halides is 3. The van der Waals surface area contributed by atoms with Crippen LogP contribution in [-0.2, 0) is 15.7 Å². The Morgan fingerprint density at radius 2 is 1.92 bits per heavy atom. The molecule has 0 atom stereocenters. The number of nitrogens with one attached hydrogen (secondary N) is 1. The highest BCUT2D eigenvalue weighted by Crippen LogP contribution is 2.31. The lowest BCUT2D eigenvalue weighted by Gasteiger charge is -2.36. The maximum absolute atomic E-state index is 12.8. The molecule has 1 aliphatic heterocycles. The lowest BCUT2D eigenvalue weighted by Crippen LogP contribution is -2.46. The highest BCUT2D eigenvalue weighted by Gasteiger charge is 2.31. The Morgan fingerprint density at radius 3 is 2.58 bits per heavy atom. The Labute approximate surface area is 152 Å². The van der Waals surface area contributed by atoms with Crippen molar-refractivity contribution in [2.24, 2.45) is 0 Å². The molecule has 1 heterocycles. The van der Waals surface area contributed by atoms with Crippen LogP contribution < -0.4 is 10.2 Å². The van der Waals surface area contributed by atoms with Gasteiger partial charge in [-0.2, -0.15) is 13.2 Å². The second-order valence-electron chi connectivity index (χ2n) is 6.37. The third kappa shape index (κ3) is 6.49. The summed E-state index contributed by atoms with van der Waals surface area (Å²) in [7, 11) is 1.48. The number of anilines is 1. The number of ether oxygens (including phenoxy) is 1. The van der Waals surface area contributed by atoms with E-state index in [-0.39, 0.29) is 12.5 Å². The van der Waals surface area contributed by atoms with Crippen molar-refractivity contribution in [3.63, 3.8) is 0 Å². The van der Waals surface area contributed by atoms with Gasteiger partial charge in [0, 0.05) is 45.5 Å². The molecule has 0 unspecified atom stereocenters. The summed E-state index contributed by atoms with van der Waals surface area (Å²) in [6.07, 6.45) is -2.45. The first kappa shape index (κ1) is 20.5. The molecule has 0 radical (unpaired) electrons. The second kappa shape index (κ2) is 9.78. The average Bonchev–Trinajstić information content (AvgIpc) is 2.62. The molecule has 0 saturated carbocycles. The molecule has 1 fully saturated rings. The number of carbonyl (C=O) groups excluding carboxylic acids is 1. The zero-order valence-electron chi connectivity index (χ0n) is 15.0. The maximum atomic E-state index is 12.8. The number of amides is 1. The Balaban J connectivity index is 1.68. The summed E-state index contributed by atoms with van der Waals surface area (Å²) in [6, 6.07) is 5.51. The lowest BCUT2D eigenvalue weighted by atomic mass is 10.1. The van der Waals surface area contributed by atoms with Crippen LogP contribution in [0.25, 0.3) is 0 Å². The molecule has 5 nitrogen and oxygen atoms in total. The van der Waals surface area contributed by atoms with Gasteiger partial charge in [-0.25, -0.2) is 0 Å². The first-order valence-corrected chi connectivity index (χ1v) is 8.80. The van der Waals surface area contributed by atoms with Crippen molar-refractivity contribution < 1.29 is 22.7 Å². The highest BCUT2D eigenvalue weighted by atomic mass is 19.4. The molecule has 0 aromatic heterocycles. The van der Waals surface area contributed by atoms with Crippen LogP contribution in [-0.4, -0.2) is 63.8 Å². The van der Waals surface area contributed by atoms with Crippen LogP contribution >= 0.6 is 0 Å². The van der Waals surface area contributed by atoms with Gasteiger partial charge < -0.3 is 15.0 Å². The third-order valence-corrected chi connectivity index (χ3v) is 4.41. The standard InChI is InChI=1S/C18H26F3N3O2/c1-26-14-17(25)22-7-2-3-8-23-9-11-24(12-10-23)16-6-4-5-15(13-16)18(19,20)21/h4-6,13H,2-3,7-12,14H2,1H3,(H,22,25). The quantitative estimate of drug-likeness (QED) is 0.711. The molecule has 0 spiro atoms. The summed E-state index contributed by atoms with van der Waals surface area (Å²) in [6.45, 7) is 4.72. The summed E-state index contributed by atoms with van der Waals surface area (Å²) in [4.78, 5) is 15.5. The molecule has 8 heteroatoms. The number of unbranched alkanes of at least 4 members (excludes halogenated alkanes) is 1. The Morgan fingerprint density at radius 1 is 1.19 bits per heavy atom. The van der Waals surface area contributed by atoms with Crippen molar-refractivity contribution in [2.45, 2.75) is 19.0 Å². The van der Waals surface area contributed by atoms with E-state index in [4.69, 9.17) is 4.74 Å². The van der Waals surface area contributed by atoms with Gasteiger partial charge in [-0.1, -0.05) is 6.07 Å². The molecule has 0 bridgehead atoms. The minimum Gasteiger partial charge on any atom is -0.375 e. The fourth-order valence-corrected chi connectivity index (χ4v) is 2.98. The van der Waals surface area contributed by atoms with E-state index in [1.54, 1.807) is 6.07 Å². The monoisotopic (exact) mass is 373 g/mol. The molecule has 146 valence electrons. The minimum absolute atomic E-state index is 0.0809. The number of nitrogens with zero attached hydrogens (tertiary/aromatic N) is 2. The van der Waals surface area contributed by atoms with Crippen LogP contribution in [0.1, 0.15) is 18.4 Å². The number of rotatable bonds is 8. The highest BCUT2D eigenvalue weighted by molar-refractivity contribution is 5.77. The van der Waals surface area contributed by atoms with Crippen LogP contribution in [0.4, 0.5) is 18.9 Å². The van der Waals surface area contributed by atoms with E-state index in [1.165, 1.54) is 19.2 Å². The van der Waals surface area contributed by atoms with E-state index in [0.29, 0.717) is 25.3 Å². The normalized spacial score (nSPS) is 15.9. The van der Waals surface area contributed by atoms with E-state index in [9.17, 15) is 18.0 Å². The van der Waals surface area contributed by atoms with Gasteiger partial charge >= 0.3 is 6.18 Å². The Hall–Kier alpha value is -1.80. The molecule has 2 rings (SSSR count). The summed E-state index contributed by atoms with van der Waals surface area (Å²) in [5.74, 6) is -0.109. The first-order chi connectivity index (χ1) is 12.4. The summed E-state index contributed by atoms with van der Waals surface area (Å²) < 4.78 is 43.2. The fraction of sp³-hybridized carbons (Fsp3) is 0.611. The molecule has 26 heavy (non-hydrogen) atoms. The minimum atomic E-state index is -4.31. The average molecular weight is 373 g/mol. The van der Waals surface area contributed by atoms with Gasteiger partial charge in [0.15, 0.2) is 0 Å². The van der Waals surface area contributed by atoms with Crippen LogP contribution in [0.2, 0.25) is 0 Å². The summed E-state index contributed by atoms with van der Waals surface area (Å²) in [5.41, 5.74) is 0.0216. The Bertz CT molecular complexity index is 573. The zero-order valence-corrected chi connectivity index (χ0v) is 15.0. The molecule has 1 saturated heterocycles. The van der Waals surface area contributed by atoms with Crippen molar-refractivity contribution in [2.75, 3.05) is 57.9 Å². The number of methoxy groups -OCH3 is 1. The predicted octanol–water partition coefficient (Wildman–Crippen LogP) is 2.37. The number of carbonyl (C=O) groups is 1. The smallest absolute Gasteiger partial charge is 0.375 e. The van der Waals surface area contributed by atoms with E-state index < -0.39 is 11.7 Å². The fourth-order valence-electron chi connectivity index (χ4n) is 2.98. The molecule has 0 aliphatic carbocycles. The summed E-state index contributed by atoms with van der Waals surface area (Å²) >= 11 is 0. The molecular weight excluding hydrogens is 347 g/mol. The second-order valence-corrected chi connectivity index (χ2v) is 6.37. The van der Waals surface area contributed by atoms with Crippen LogP contribution in [0.3, 0.4) is 0 Å². The van der Waals surface area contributed by atoms with Crippen molar-refractivity contribution >= 4 is 11.6 Å². The summed E-state index contributed by atoms with van der Waals surface area (Å²) in [5, 5.41) is 2.78. The number of hydrogen-bond donors (Lipinski definition) is 1. The molecule has 1 aliphatic rings. The van der Waals surface area contributed by atoms with Gasteiger partial charge in [0.25, 0.3) is 0 Å². The van der Waals surface area contributed by atoms with Crippen LogP contribution in [0.5, 0.6) is 0 Å². The number of piperazine rings is 1. The maximum Gasteiger partial charge on any atom is 0.416 e. The molecule has 1 amide bonds. The van der Waals surface area contributed by atoms with E-state index in [1.807, 2.05) is 4.90 Å². The molecule has 1 aromatic carbocycles. The van der Waals surface area contributed by atoms with E-state index >= 15 is 0 Å². The first-order valence-electron chi connectivity index (χ1n) is 8.80. The molecular formula is C18H26F3N3O2. The zero-order chi connectivity index (χ0) is 19.0. The third-order valence-electron chi connectivity index (χ3n) is 4.41. The molecule has 1 aromatic rings. The van der Waals surface area contributed by atoms with Gasteiger partial charge in [0.2, 0.25) is 5.91 Å². The van der Waals surface area contributed by atoms with Gasteiger partial charge in [-0.15, -0.1) is 0 Å². The van der Waals surface area contributed by atoms with Gasteiger partial charge in [-0.05, 0) is 37.6 Å². The van der Waals surface area contributed by atoms with E-state index in [2.05, 4.69) is 10.2 Å². The largest absolute Gasteiger partial charge is 0.416 e. The number of halogens is 3. The topological polar surface area (TPSA) is 44.8 Å². The Kier molecular flexibility index (Phi) is 7.71. The molecule has 1 N–H and O–H groups in total. The van der Waals surface area contributed by atoms with Crippen molar-refractivity contribution in [3.05, 3.63) is 29.8 Å². The van der Waals surface area contributed by atoms with Crippen molar-refractivity contribution in [1.82, 2.24) is 10.2 Å². The van der Waals surface area contributed by atoms with E-state index in [0.717, 1.165) is 38.5 Å². The van der Waals surface area contributed by atoms with Crippen LogP contribution in [0.15, 0.2) is 24.3 Å². The van der Waals surface area contributed by atoms with Gasteiger partial charge in [0.05, 0.1) is 5.56 Å². The van der Waals surface area contributed by atoms with Gasteiger partial charge in [0.1, 0.15) is 6.61 Å². The predicted molar refractivity (Wildman–Crippen MR) is 94.2 cm³/mol.